The smallest absolute Gasteiger partial charge is 0.379 e. The SMILES string of the molecule is C=CC(NC1CC1)c1ccccc1.CCN.CO[SiH](OC)OC. The Kier molecular flexibility index (Phi) is 13.9. The first-order valence-electron chi connectivity index (χ1n) is 7.88. The van der Waals surface area contributed by atoms with E-state index in [1.165, 1.54) is 18.4 Å². The Labute approximate surface area is 142 Å². The van der Waals surface area contributed by atoms with Gasteiger partial charge in [-0.15, -0.1) is 6.58 Å². The molecule has 2 rings (SSSR count). The van der Waals surface area contributed by atoms with Gasteiger partial charge in [-0.3, -0.25) is 0 Å². The number of hydrogen-bond donors (Lipinski definition) is 2. The van der Waals surface area contributed by atoms with Gasteiger partial charge in [0.15, 0.2) is 0 Å². The van der Waals surface area contributed by atoms with Crippen LogP contribution in [0.25, 0.3) is 0 Å². The maximum absolute atomic E-state index is 4.85. The van der Waals surface area contributed by atoms with Crippen LogP contribution in [-0.4, -0.2) is 43.4 Å². The molecule has 132 valence electrons. The molecule has 3 N–H and O–H groups in total. The molecule has 1 atom stereocenters. The zero-order chi connectivity index (χ0) is 17.5. The van der Waals surface area contributed by atoms with Crippen LogP contribution >= 0.6 is 0 Å². The molecular weight excluding hydrogens is 308 g/mol. The van der Waals surface area contributed by atoms with Crippen molar-refractivity contribution >= 4 is 9.53 Å². The fraction of sp³-hybridized carbons (Fsp3) is 0.529. The molecule has 23 heavy (non-hydrogen) atoms. The summed E-state index contributed by atoms with van der Waals surface area (Å²) in [6.07, 6.45) is 4.61. The fourth-order valence-corrected chi connectivity index (χ4v) is 2.33. The standard InChI is InChI=1S/C12H15N.C3H10O3Si.C2H7N/c1-2-12(13-11-8-9-11)10-6-4-3-5-7-10;1-4-7(5-2)6-3;1-2-3/h2-7,11-13H,1,8-9H2;7H,1-3H3;2-3H2,1H3. The van der Waals surface area contributed by atoms with E-state index in [-0.39, 0.29) is 0 Å². The monoisotopic (exact) mass is 340 g/mol. The molecule has 1 aromatic carbocycles. The largest absolute Gasteiger partial charge is 0.483 e. The molecule has 0 spiro atoms. The van der Waals surface area contributed by atoms with Crippen LogP contribution < -0.4 is 11.1 Å². The van der Waals surface area contributed by atoms with Gasteiger partial charge in [0.1, 0.15) is 0 Å². The van der Waals surface area contributed by atoms with Crippen LogP contribution in [-0.2, 0) is 13.3 Å². The average molecular weight is 341 g/mol. The third-order valence-corrected chi connectivity index (χ3v) is 4.12. The van der Waals surface area contributed by atoms with Crippen LogP contribution in [0, 0.1) is 0 Å². The highest BCUT2D eigenvalue weighted by Crippen LogP contribution is 2.24. The molecule has 0 aliphatic heterocycles. The highest BCUT2D eigenvalue weighted by atomic mass is 28.3. The van der Waals surface area contributed by atoms with Crippen LogP contribution in [0.15, 0.2) is 43.0 Å². The van der Waals surface area contributed by atoms with E-state index in [2.05, 4.69) is 36.2 Å². The number of hydrogen-bond acceptors (Lipinski definition) is 5. The maximum atomic E-state index is 4.85. The molecule has 0 heterocycles. The summed E-state index contributed by atoms with van der Waals surface area (Å²) >= 11 is 0. The average Bonchev–Trinajstić information content (AvgIpc) is 3.40. The highest BCUT2D eigenvalue weighted by Gasteiger charge is 2.23. The molecule has 5 nitrogen and oxygen atoms in total. The summed E-state index contributed by atoms with van der Waals surface area (Å²) in [5, 5.41) is 3.54. The lowest BCUT2D eigenvalue weighted by Crippen LogP contribution is -2.21. The number of rotatable bonds is 7. The van der Waals surface area contributed by atoms with Crippen LogP contribution in [0.5, 0.6) is 0 Å². The topological polar surface area (TPSA) is 65.7 Å². The van der Waals surface area contributed by atoms with E-state index in [4.69, 9.17) is 19.0 Å². The lowest BCUT2D eigenvalue weighted by molar-refractivity contribution is 0.163. The second-order valence-electron chi connectivity index (χ2n) is 4.97. The second kappa shape index (κ2) is 14.6. The number of nitrogens with one attached hydrogen (secondary N) is 1. The quantitative estimate of drug-likeness (QED) is 0.589. The second-order valence-corrected chi connectivity index (χ2v) is 6.96. The molecule has 1 saturated carbocycles. The van der Waals surface area contributed by atoms with Crippen LogP contribution in [0.1, 0.15) is 31.4 Å². The summed E-state index contributed by atoms with van der Waals surface area (Å²) in [6, 6.07) is 11.5. The van der Waals surface area contributed by atoms with Crippen molar-refractivity contribution < 1.29 is 13.3 Å². The molecule has 0 bridgehead atoms. The van der Waals surface area contributed by atoms with Crippen LogP contribution in [0.2, 0.25) is 0 Å². The molecule has 0 amide bonds. The molecule has 6 heteroatoms. The summed E-state index contributed by atoms with van der Waals surface area (Å²) in [6.45, 7) is 6.51. The minimum absolute atomic E-state index is 0.327. The van der Waals surface area contributed by atoms with E-state index in [0.717, 1.165) is 12.6 Å². The van der Waals surface area contributed by atoms with Crippen molar-refractivity contribution in [3.8, 4) is 0 Å². The van der Waals surface area contributed by atoms with E-state index in [1.54, 1.807) is 21.3 Å². The predicted molar refractivity (Wildman–Crippen MR) is 98.4 cm³/mol. The molecule has 1 aliphatic rings. The Morgan fingerprint density at radius 2 is 1.70 bits per heavy atom. The predicted octanol–water partition coefficient (Wildman–Crippen LogP) is 2.27. The Morgan fingerprint density at radius 1 is 1.22 bits per heavy atom. The van der Waals surface area contributed by atoms with Crippen molar-refractivity contribution in [2.24, 2.45) is 5.73 Å². The zero-order valence-corrected chi connectivity index (χ0v) is 16.0. The van der Waals surface area contributed by atoms with Gasteiger partial charge >= 0.3 is 9.53 Å². The van der Waals surface area contributed by atoms with Gasteiger partial charge in [0.05, 0.1) is 6.04 Å². The third kappa shape index (κ3) is 11.2. The van der Waals surface area contributed by atoms with E-state index in [0.29, 0.717) is 6.04 Å². The van der Waals surface area contributed by atoms with Crippen molar-refractivity contribution in [3.05, 3.63) is 48.6 Å². The lowest BCUT2D eigenvalue weighted by Gasteiger charge is -2.14. The molecule has 1 fully saturated rings. The first kappa shape index (κ1) is 22.0. The van der Waals surface area contributed by atoms with Gasteiger partial charge in [0, 0.05) is 27.4 Å². The maximum Gasteiger partial charge on any atom is 0.483 e. The molecule has 0 aromatic heterocycles. The Bertz CT molecular complexity index is 379. The van der Waals surface area contributed by atoms with Gasteiger partial charge in [-0.05, 0) is 24.9 Å². The van der Waals surface area contributed by atoms with Crippen molar-refractivity contribution in [1.82, 2.24) is 5.32 Å². The van der Waals surface area contributed by atoms with Gasteiger partial charge < -0.3 is 24.3 Å². The molecular formula is C17H32N2O3Si. The molecule has 0 radical (unpaired) electrons. The summed E-state index contributed by atoms with van der Waals surface area (Å²) < 4.78 is 14.2. The lowest BCUT2D eigenvalue weighted by atomic mass is 10.1. The molecule has 1 aromatic rings. The third-order valence-electron chi connectivity index (χ3n) is 2.96. The van der Waals surface area contributed by atoms with Gasteiger partial charge in [-0.2, -0.15) is 0 Å². The highest BCUT2D eigenvalue weighted by molar-refractivity contribution is 6.36. The minimum Gasteiger partial charge on any atom is -0.379 e. The molecule has 1 unspecified atom stereocenters. The van der Waals surface area contributed by atoms with E-state index in [9.17, 15) is 0 Å². The molecule has 1 aliphatic carbocycles. The van der Waals surface area contributed by atoms with E-state index < -0.39 is 9.53 Å². The number of benzene rings is 1. The Hall–Kier alpha value is -1.02. The van der Waals surface area contributed by atoms with Crippen LogP contribution in [0.4, 0.5) is 0 Å². The van der Waals surface area contributed by atoms with Gasteiger partial charge in [-0.25, -0.2) is 0 Å². The summed E-state index contributed by atoms with van der Waals surface area (Å²) in [5.74, 6) is 0. The van der Waals surface area contributed by atoms with Gasteiger partial charge in [0.25, 0.3) is 0 Å². The van der Waals surface area contributed by atoms with Crippen molar-refractivity contribution in [2.45, 2.75) is 31.8 Å². The van der Waals surface area contributed by atoms with Gasteiger partial charge in [-0.1, -0.05) is 43.3 Å². The Morgan fingerprint density at radius 3 is 2.00 bits per heavy atom. The fourth-order valence-electron chi connectivity index (χ4n) is 1.75. The number of nitrogens with two attached hydrogens (primary N) is 1. The Balaban J connectivity index is 0.000000412. The first-order valence-corrected chi connectivity index (χ1v) is 9.30. The summed E-state index contributed by atoms with van der Waals surface area (Å²) in [5.41, 5.74) is 6.16. The summed E-state index contributed by atoms with van der Waals surface area (Å²) in [7, 11) is 3.05. The van der Waals surface area contributed by atoms with E-state index in [1.807, 2.05) is 19.1 Å². The normalized spacial score (nSPS) is 14.2. The van der Waals surface area contributed by atoms with Crippen molar-refractivity contribution in [2.75, 3.05) is 27.9 Å². The molecule has 0 saturated heterocycles. The zero-order valence-electron chi connectivity index (χ0n) is 14.8. The van der Waals surface area contributed by atoms with Crippen molar-refractivity contribution in [1.29, 1.82) is 0 Å². The van der Waals surface area contributed by atoms with Crippen LogP contribution in [0.3, 0.4) is 0 Å². The minimum atomic E-state index is -1.67. The van der Waals surface area contributed by atoms with E-state index >= 15 is 0 Å². The van der Waals surface area contributed by atoms with Gasteiger partial charge in [0.2, 0.25) is 0 Å². The first-order chi connectivity index (χ1) is 11.2. The van der Waals surface area contributed by atoms with Crippen molar-refractivity contribution in [3.63, 3.8) is 0 Å². The summed E-state index contributed by atoms with van der Waals surface area (Å²) in [4.78, 5) is 0.